The lowest BCUT2D eigenvalue weighted by atomic mass is 9.39. The third-order valence-electron chi connectivity index (χ3n) is 13.9. The second-order valence-corrected chi connectivity index (χ2v) is 21.7. The quantitative estimate of drug-likeness (QED) is 0.160. The minimum atomic E-state index is 0.0771. The molecule has 4 heterocycles. The van der Waals surface area contributed by atoms with E-state index < -0.39 is 0 Å². The molecule has 300 valence electrons. The Morgan fingerprint density at radius 2 is 0.823 bits per heavy atom. The summed E-state index contributed by atoms with van der Waals surface area (Å²) >= 11 is 4.07. The van der Waals surface area contributed by atoms with E-state index in [0.717, 1.165) is 42.7 Å². The molecule has 0 amide bonds. The standard InChI is InChI=1S/C56H46BN3S2/c1-55(2)31-35-25-44-48(27-37(35)33-55)61-53-51(44)59(41-21-13-7-14-22-41)46-29-43(58(39-17-9-5-10-18-39)40-19-11-6-12-20-40)30-47-50(46)57(53)54-52(60(47)42-23-15-8-16-24-42)45-26-36-32-56(3,4)34-38(36)28-49(45)62-54/h5-30H,31-34H2,1-4H3. The SMILES string of the molecule is CC1(C)Cc2cc3sc4c(c3cc2C1)N(c1ccccc1)c1cc(N(c2ccccc2)c2ccccc2)cc2c1B4c1sc3cc4c(cc3c1N2c1ccccc1)CC(C)(C)C4. The molecule has 3 nitrogen and oxygen atoms in total. The summed E-state index contributed by atoms with van der Waals surface area (Å²) in [6.07, 6.45) is 4.48. The van der Waals surface area contributed by atoms with Crippen LogP contribution in [-0.2, 0) is 25.7 Å². The van der Waals surface area contributed by atoms with Crippen LogP contribution in [-0.4, -0.2) is 6.71 Å². The number of hydrogen-bond donors (Lipinski definition) is 0. The summed E-state index contributed by atoms with van der Waals surface area (Å²) in [6, 6.07) is 59.4. The summed E-state index contributed by atoms with van der Waals surface area (Å²) in [4.78, 5) is 7.71. The molecule has 7 aromatic carbocycles. The highest BCUT2D eigenvalue weighted by molar-refractivity contribution is 7.40. The van der Waals surface area contributed by atoms with Crippen molar-refractivity contribution in [2.75, 3.05) is 14.7 Å². The van der Waals surface area contributed by atoms with Gasteiger partial charge in [-0.25, -0.2) is 0 Å². The van der Waals surface area contributed by atoms with Crippen LogP contribution in [0.3, 0.4) is 0 Å². The lowest BCUT2D eigenvalue weighted by Crippen LogP contribution is -2.59. The average molecular weight is 836 g/mol. The van der Waals surface area contributed by atoms with Crippen molar-refractivity contribution in [3.63, 3.8) is 0 Å². The molecule has 2 aromatic heterocycles. The van der Waals surface area contributed by atoms with E-state index in [4.69, 9.17) is 0 Å². The Bertz CT molecular complexity index is 3050. The predicted molar refractivity (Wildman–Crippen MR) is 268 cm³/mol. The Morgan fingerprint density at radius 3 is 1.23 bits per heavy atom. The lowest BCUT2D eigenvalue weighted by molar-refractivity contribution is 0.392. The highest BCUT2D eigenvalue weighted by atomic mass is 32.1. The molecule has 0 N–H and O–H groups in total. The van der Waals surface area contributed by atoms with Crippen LogP contribution in [0.1, 0.15) is 49.9 Å². The highest BCUT2D eigenvalue weighted by Gasteiger charge is 2.48. The zero-order valence-electron chi connectivity index (χ0n) is 35.6. The van der Waals surface area contributed by atoms with E-state index in [1.165, 1.54) is 91.6 Å². The Morgan fingerprint density at radius 1 is 0.452 bits per heavy atom. The first-order chi connectivity index (χ1) is 30.2. The number of para-hydroxylation sites is 4. The second kappa shape index (κ2) is 13.2. The van der Waals surface area contributed by atoms with E-state index in [9.17, 15) is 0 Å². The third-order valence-corrected chi connectivity index (χ3v) is 16.3. The fourth-order valence-corrected chi connectivity index (χ4v) is 14.3. The van der Waals surface area contributed by atoms with Crippen LogP contribution in [0.25, 0.3) is 20.2 Å². The number of benzene rings is 7. The van der Waals surface area contributed by atoms with Crippen LogP contribution in [0.5, 0.6) is 0 Å². The maximum Gasteiger partial charge on any atom is 0.277 e. The van der Waals surface area contributed by atoms with Gasteiger partial charge in [-0.2, -0.15) is 0 Å². The van der Waals surface area contributed by atoms with Crippen molar-refractivity contribution < 1.29 is 0 Å². The first-order valence-electron chi connectivity index (χ1n) is 22.1. The third kappa shape index (κ3) is 5.49. The molecule has 0 saturated heterocycles. The van der Waals surface area contributed by atoms with Gasteiger partial charge in [0.25, 0.3) is 6.71 Å². The molecule has 0 radical (unpaired) electrons. The van der Waals surface area contributed by atoms with E-state index in [2.05, 4.69) is 200 Å². The van der Waals surface area contributed by atoms with E-state index in [0.29, 0.717) is 0 Å². The van der Waals surface area contributed by atoms with Gasteiger partial charge in [0.2, 0.25) is 0 Å². The van der Waals surface area contributed by atoms with E-state index in [1.54, 1.807) is 0 Å². The van der Waals surface area contributed by atoms with Gasteiger partial charge >= 0.3 is 0 Å². The fraction of sp³-hybridized carbons (Fsp3) is 0.179. The van der Waals surface area contributed by atoms with Gasteiger partial charge in [0, 0.05) is 63.8 Å². The van der Waals surface area contributed by atoms with Crippen LogP contribution >= 0.6 is 22.7 Å². The molecule has 2 aliphatic heterocycles. The molecule has 0 fully saturated rings. The van der Waals surface area contributed by atoms with Gasteiger partial charge in [-0.1, -0.05) is 100 Å². The van der Waals surface area contributed by atoms with Crippen LogP contribution in [0.4, 0.5) is 51.2 Å². The zero-order chi connectivity index (χ0) is 41.5. The van der Waals surface area contributed by atoms with Crippen molar-refractivity contribution >= 4 is 116 Å². The van der Waals surface area contributed by atoms with Gasteiger partial charge in [-0.05, 0) is 149 Å². The summed E-state index contributed by atoms with van der Waals surface area (Å²) < 4.78 is 5.69. The summed E-state index contributed by atoms with van der Waals surface area (Å²) in [5.74, 6) is 0. The molecule has 4 aliphatic rings. The summed E-state index contributed by atoms with van der Waals surface area (Å²) in [5, 5.41) is 2.75. The van der Waals surface area contributed by atoms with Gasteiger partial charge in [-0.15, -0.1) is 22.7 Å². The van der Waals surface area contributed by atoms with Gasteiger partial charge in [0.05, 0.1) is 17.1 Å². The largest absolute Gasteiger partial charge is 0.310 e. The van der Waals surface area contributed by atoms with Crippen LogP contribution in [0.2, 0.25) is 0 Å². The van der Waals surface area contributed by atoms with Gasteiger partial charge in [-0.3, -0.25) is 0 Å². The highest BCUT2D eigenvalue weighted by Crippen LogP contribution is 2.54. The lowest BCUT2D eigenvalue weighted by Gasteiger charge is -2.43. The van der Waals surface area contributed by atoms with Crippen molar-refractivity contribution in [2.45, 2.75) is 53.4 Å². The maximum absolute atomic E-state index is 2.63. The molecular weight excluding hydrogens is 790 g/mol. The number of hydrogen-bond acceptors (Lipinski definition) is 5. The number of anilines is 9. The molecule has 0 unspecified atom stereocenters. The smallest absolute Gasteiger partial charge is 0.277 e. The normalized spacial score (nSPS) is 16.3. The summed E-state index contributed by atoms with van der Waals surface area (Å²) in [7, 11) is 0. The number of rotatable bonds is 5. The Balaban J connectivity index is 1.17. The van der Waals surface area contributed by atoms with Crippen molar-refractivity contribution in [3.8, 4) is 0 Å². The molecular formula is C56H46BN3S2. The summed E-state index contributed by atoms with van der Waals surface area (Å²) in [5.41, 5.74) is 18.9. The van der Waals surface area contributed by atoms with E-state index >= 15 is 0 Å². The zero-order valence-corrected chi connectivity index (χ0v) is 37.2. The number of thiophene rings is 2. The summed E-state index contributed by atoms with van der Waals surface area (Å²) in [6.45, 7) is 9.79. The van der Waals surface area contributed by atoms with Gasteiger partial charge < -0.3 is 14.7 Å². The van der Waals surface area contributed by atoms with Crippen LogP contribution < -0.4 is 29.7 Å². The van der Waals surface area contributed by atoms with Crippen molar-refractivity contribution in [3.05, 3.63) is 180 Å². The Labute approximate surface area is 372 Å². The Hall–Kier alpha value is -6.08. The number of nitrogens with zero attached hydrogens (tertiary/aromatic N) is 3. The molecule has 6 heteroatoms. The van der Waals surface area contributed by atoms with Crippen LogP contribution in [0.15, 0.2) is 158 Å². The molecule has 0 bridgehead atoms. The average Bonchev–Trinajstić information content (AvgIpc) is 4.00. The minimum Gasteiger partial charge on any atom is -0.310 e. The number of fused-ring (bicyclic) bond motifs is 10. The molecule has 0 atom stereocenters. The molecule has 9 aromatic rings. The first kappa shape index (κ1) is 36.6. The van der Waals surface area contributed by atoms with Gasteiger partial charge in [0.1, 0.15) is 0 Å². The molecule has 62 heavy (non-hydrogen) atoms. The first-order valence-corrected chi connectivity index (χ1v) is 23.8. The van der Waals surface area contributed by atoms with E-state index in [1.807, 2.05) is 22.7 Å². The minimum absolute atomic E-state index is 0.0771. The van der Waals surface area contributed by atoms with Gasteiger partial charge in [0.15, 0.2) is 0 Å². The maximum atomic E-state index is 2.63. The second-order valence-electron chi connectivity index (χ2n) is 19.6. The molecule has 0 spiro atoms. The van der Waals surface area contributed by atoms with Crippen molar-refractivity contribution in [1.29, 1.82) is 0 Å². The van der Waals surface area contributed by atoms with Crippen molar-refractivity contribution in [1.82, 2.24) is 0 Å². The Kier molecular flexibility index (Phi) is 7.80. The molecule has 0 saturated carbocycles. The monoisotopic (exact) mass is 835 g/mol. The molecule has 2 aliphatic carbocycles. The molecule has 13 rings (SSSR count). The van der Waals surface area contributed by atoms with Crippen LogP contribution in [0, 0.1) is 10.8 Å². The topological polar surface area (TPSA) is 9.72 Å². The fourth-order valence-electron chi connectivity index (χ4n) is 11.5. The van der Waals surface area contributed by atoms with E-state index in [-0.39, 0.29) is 17.5 Å². The predicted octanol–water partition coefficient (Wildman–Crippen LogP) is 13.9. The van der Waals surface area contributed by atoms with Crippen molar-refractivity contribution in [2.24, 2.45) is 10.8 Å².